The molecule has 0 N–H and O–H groups in total. The minimum atomic E-state index is -0.00946. The number of thioether (sulfide) groups is 1. The van der Waals surface area contributed by atoms with Crippen LogP contribution in [0.1, 0.15) is 42.6 Å². The highest BCUT2D eigenvalue weighted by Crippen LogP contribution is 2.41. The highest BCUT2D eigenvalue weighted by Gasteiger charge is 2.31. The van der Waals surface area contributed by atoms with Crippen LogP contribution in [0.2, 0.25) is 0 Å². The van der Waals surface area contributed by atoms with Crippen molar-refractivity contribution in [3.63, 3.8) is 0 Å². The summed E-state index contributed by atoms with van der Waals surface area (Å²) in [6.45, 7) is 6.60. The largest absolute Gasteiger partial charge is 0.338 e. The third-order valence-electron chi connectivity index (χ3n) is 4.10. The number of rotatable bonds is 7. The predicted octanol–water partition coefficient (Wildman–Crippen LogP) is 4.24. The van der Waals surface area contributed by atoms with E-state index >= 15 is 0 Å². The van der Waals surface area contributed by atoms with E-state index < -0.39 is 0 Å². The SMILES string of the molecule is C=CCn1c(SC(C)c2nc(-c3ccccc3)no2)nnc1C1CC1. The molecular weight excluding hydrogens is 334 g/mol. The van der Waals surface area contributed by atoms with Crippen molar-refractivity contribution >= 4 is 11.8 Å². The summed E-state index contributed by atoms with van der Waals surface area (Å²) in [5.74, 6) is 2.80. The molecule has 1 saturated carbocycles. The van der Waals surface area contributed by atoms with Gasteiger partial charge in [-0.25, -0.2) is 0 Å². The molecule has 7 heteroatoms. The van der Waals surface area contributed by atoms with Gasteiger partial charge in [0.2, 0.25) is 11.7 Å². The lowest BCUT2D eigenvalue weighted by atomic mass is 10.2. The summed E-state index contributed by atoms with van der Waals surface area (Å²) >= 11 is 1.58. The van der Waals surface area contributed by atoms with Crippen molar-refractivity contribution in [3.05, 3.63) is 54.7 Å². The average molecular weight is 353 g/mol. The van der Waals surface area contributed by atoms with Crippen LogP contribution in [0.4, 0.5) is 0 Å². The van der Waals surface area contributed by atoms with Crippen LogP contribution in [0.25, 0.3) is 11.4 Å². The molecule has 1 atom stereocenters. The van der Waals surface area contributed by atoms with E-state index in [4.69, 9.17) is 4.52 Å². The van der Waals surface area contributed by atoms with Gasteiger partial charge in [-0.3, -0.25) is 0 Å². The highest BCUT2D eigenvalue weighted by molar-refractivity contribution is 7.99. The third-order valence-corrected chi connectivity index (χ3v) is 5.17. The van der Waals surface area contributed by atoms with Crippen molar-refractivity contribution in [1.29, 1.82) is 0 Å². The predicted molar refractivity (Wildman–Crippen MR) is 96.2 cm³/mol. The van der Waals surface area contributed by atoms with E-state index in [0.717, 1.165) is 16.5 Å². The maximum Gasteiger partial charge on any atom is 0.240 e. The Morgan fingerprint density at radius 1 is 1.32 bits per heavy atom. The topological polar surface area (TPSA) is 69.6 Å². The lowest BCUT2D eigenvalue weighted by Gasteiger charge is -2.09. The zero-order chi connectivity index (χ0) is 17.2. The number of aromatic nitrogens is 5. The molecule has 2 heterocycles. The molecule has 1 aliphatic rings. The van der Waals surface area contributed by atoms with Gasteiger partial charge in [-0.05, 0) is 19.8 Å². The molecule has 128 valence electrons. The first-order valence-corrected chi connectivity index (χ1v) is 9.24. The van der Waals surface area contributed by atoms with Crippen molar-refractivity contribution in [2.24, 2.45) is 0 Å². The Hall–Kier alpha value is -2.41. The van der Waals surface area contributed by atoms with Gasteiger partial charge in [-0.15, -0.1) is 16.8 Å². The lowest BCUT2D eigenvalue weighted by Crippen LogP contribution is -2.03. The molecule has 0 saturated heterocycles. The van der Waals surface area contributed by atoms with E-state index in [9.17, 15) is 0 Å². The van der Waals surface area contributed by atoms with E-state index in [2.05, 4.69) is 31.5 Å². The number of hydrogen-bond donors (Lipinski definition) is 0. The first-order valence-electron chi connectivity index (χ1n) is 8.36. The summed E-state index contributed by atoms with van der Waals surface area (Å²) in [4.78, 5) is 4.53. The fraction of sp³-hybridized carbons (Fsp3) is 0.333. The van der Waals surface area contributed by atoms with Crippen LogP contribution >= 0.6 is 11.8 Å². The lowest BCUT2D eigenvalue weighted by molar-refractivity contribution is 0.380. The van der Waals surface area contributed by atoms with E-state index in [-0.39, 0.29) is 5.25 Å². The molecule has 6 nitrogen and oxygen atoms in total. The summed E-state index contributed by atoms with van der Waals surface area (Å²) < 4.78 is 7.60. The normalized spacial score (nSPS) is 15.2. The van der Waals surface area contributed by atoms with E-state index in [1.165, 1.54) is 12.8 Å². The molecular formula is C18H19N5OS. The molecule has 2 aromatic heterocycles. The molecule has 3 aromatic rings. The Morgan fingerprint density at radius 2 is 2.12 bits per heavy atom. The fourth-order valence-corrected chi connectivity index (χ4v) is 3.54. The van der Waals surface area contributed by atoms with Crippen LogP contribution in [0.3, 0.4) is 0 Å². The molecule has 0 aliphatic heterocycles. The molecule has 0 spiro atoms. The average Bonchev–Trinajstić information content (AvgIpc) is 3.22. The molecule has 0 amide bonds. The number of allylic oxidation sites excluding steroid dienone is 1. The molecule has 1 unspecified atom stereocenters. The van der Waals surface area contributed by atoms with Crippen LogP contribution in [0.15, 0.2) is 52.7 Å². The summed E-state index contributed by atoms with van der Waals surface area (Å²) in [5.41, 5.74) is 0.945. The molecule has 1 aliphatic carbocycles. The van der Waals surface area contributed by atoms with Gasteiger partial charge < -0.3 is 9.09 Å². The fourth-order valence-electron chi connectivity index (χ4n) is 2.64. The Labute approximate surface area is 150 Å². The molecule has 25 heavy (non-hydrogen) atoms. The van der Waals surface area contributed by atoms with Crippen LogP contribution in [-0.4, -0.2) is 24.9 Å². The maximum absolute atomic E-state index is 5.46. The highest BCUT2D eigenvalue weighted by atomic mass is 32.2. The van der Waals surface area contributed by atoms with Gasteiger partial charge >= 0.3 is 0 Å². The molecule has 0 radical (unpaired) electrons. The Bertz CT molecular complexity index is 869. The first-order chi connectivity index (χ1) is 12.3. The Kier molecular flexibility index (Phi) is 4.40. The number of benzene rings is 1. The second-order valence-corrected chi connectivity index (χ2v) is 7.40. The zero-order valence-corrected chi connectivity index (χ0v) is 14.8. The minimum Gasteiger partial charge on any atom is -0.338 e. The summed E-state index contributed by atoms with van der Waals surface area (Å²) in [6, 6.07) is 9.82. The van der Waals surface area contributed by atoms with Crippen LogP contribution in [-0.2, 0) is 6.54 Å². The smallest absolute Gasteiger partial charge is 0.240 e. The molecule has 0 bridgehead atoms. The first kappa shape index (κ1) is 16.1. The second-order valence-electron chi connectivity index (χ2n) is 6.10. The summed E-state index contributed by atoms with van der Waals surface area (Å²) in [6.07, 6.45) is 4.27. The van der Waals surface area contributed by atoms with Gasteiger partial charge in [0.25, 0.3) is 0 Å². The summed E-state index contributed by atoms with van der Waals surface area (Å²) in [5, 5.41) is 13.7. The Morgan fingerprint density at radius 3 is 2.84 bits per heavy atom. The van der Waals surface area contributed by atoms with Gasteiger partial charge in [0.05, 0.1) is 5.25 Å². The van der Waals surface area contributed by atoms with E-state index in [1.807, 2.05) is 43.3 Å². The quantitative estimate of drug-likeness (QED) is 0.467. The monoisotopic (exact) mass is 353 g/mol. The minimum absolute atomic E-state index is 0.00946. The third kappa shape index (κ3) is 3.37. The maximum atomic E-state index is 5.46. The van der Waals surface area contributed by atoms with Crippen LogP contribution in [0.5, 0.6) is 0 Å². The number of hydrogen-bond acceptors (Lipinski definition) is 6. The molecule has 1 fully saturated rings. The van der Waals surface area contributed by atoms with Crippen molar-refractivity contribution in [2.75, 3.05) is 0 Å². The second kappa shape index (κ2) is 6.84. The van der Waals surface area contributed by atoms with Crippen molar-refractivity contribution < 1.29 is 4.52 Å². The standard InChI is InChI=1S/C18H19N5OS/c1-3-11-23-16(14-9-10-14)20-21-18(23)25-12(2)17-19-15(22-24-17)13-7-5-4-6-8-13/h3-8,12,14H,1,9-11H2,2H3. The van der Waals surface area contributed by atoms with Crippen molar-refractivity contribution in [1.82, 2.24) is 24.9 Å². The summed E-state index contributed by atoms with van der Waals surface area (Å²) in [7, 11) is 0. The van der Waals surface area contributed by atoms with E-state index in [0.29, 0.717) is 24.2 Å². The van der Waals surface area contributed by atoms with Gasteiger partial charge in [-0.1, -0.05) is 53.3 Å². The van der Waals surface area contributed by atoms with Gasteiger partial charge in [0.15, 0.2) is 5.16 Å². The Balaban J connectivity index is 1.53. The zero-order valence-electron chi connectivity index (χ0n) is 14.0. The number of nitrogens with zero attached hydrogens (tertiary/aromatic N) is 5. The van der Waals surface area contributed by atoms with Gasteiger partial charge in [-0.2, -0.15) is 4.98 Å². The van der Waals surface area contributed by atoms with Gasteiger partial charge in [0, 0.05) is 18.0 Å². The molecule has 4 rings (SSSR count). The van der Waals surface area contributed by atoms with Gasteiger partial charge in [0.1, 0.15) is 5.82 Å². The van der Waals surface area contributed by atoms with Crippen LogP contribution in [0, 0.1) is 0 Å². The van der Waals surface area contributed by atoms with E-state index in [1.54, 1.807) is 11.8 Å². The van der Waals surface area contributed by atoms with Crippen LogP contribution < -0.4 is 0 Å². The molecule has 1 aromatic carbocycles. The van der Waals surface area contributed by atoms with Crippen molar-refractivity contribution in [3.8, 4) is 11.4 Å². The van der Waals surface area contributed by atoms with Crippen molar-refractivity contribution in [2.45, 2.75) is 42.6 Å².